The van der Waals surface area contributed by atoms with Crippen LogP contribution in [0.15, 0.2) is 48.5 Å². The third kappa shape index (κ3) is 7.55. The van der Waals surface area contributed by atoms with Gasteiger partial charge in [0.2, 0.25) is 5.91 Å². The molecule has 40 heavy (non-hydrogen) atoms. The van der Waals surface area contributed by atoms with Crippen molar-refractivity contribution in [3.63, 3.8) is 0 Å². The summed E-state index contributed by atoms with van der Waals surface area (Å²) in [6.45, 7) is 7.47. The van der Waals surface area contributed by atoms with E-state index in [-0.39, 0.29) is 36.3 Å². The lowest BCUT2D eigenvalue weighted by Crippen LogP contribution is -2.49. The molecule has 2 atom stereocenters. The van der Waals surface area contributed by atoms with Crippen LogP contribution in [0.5, 0.6) is 11.5 Å². The molecule has 1 saturated carbocycles. The zero-order valence-electron chi connectivity index (χ0n) is 24.2. The van der Waals surface area contributed by atoms with Gasteiger partial charge in [-0.1, -0.05) is 30.3 Å². The molecular weight excluding hydrogens is 506 g/mol. The van der Waals surface area contributed by atoms with E-state index in [0.29, 0.717) is 49.1 Å². The van der Waals surface area contributed by atoms with Gasteiger partial charge in [-0.05, 0) is 68.7 Å². The third-order valence-electron chi connectivity index (χ3n) is 8.23. The smallest absolute Gasteiger partial charge is 0.254 e. The summed E-state index contributed by atoms with van der Waals surface area (Å²) in [7, 11) is 1.57. The number of benzene rings is 2. The number of aliphatic hydroxyl groups excluding tert-OH is 1. The minimum absolute atomic E-state index is 0.0112. The van der Waals surface area contributed by atoms with Crippen molar-refractivity contribution in [2.24, 2.45) is 11.8 Å². The Morgan fingerprint density at radius 3 is 2.38 bits per heavy atom. The molecule has 8 nitrogen and oxygen atoms in total. The second-order valence-electron chi connectivity index (χ2n) is 11.3. The molecule has 0 radical (unpaired) electrons. The summed E-state index contributed by atoms with van der Waals surface area (Å²) < 4.78 is 11.2. The van der Waals surface area contributed by atoms with Crippen LogP contribution in [0, 0.1) is 11.8 Å². The average molecular weight is 552 g/mol. The quantitative estimate of drug-likeness (QED) is 0.348. The Kier molecular flexibility index (Phi) is 10.8. The van der Waals surface area contributed by atoms with Crippen LogP contribution in [-0.4, -0.2) is 85.3 Å². The second-order valence-corrected chi connectivity index (χ2v) is 11.3. The van der Waals surface area contributed by atoms with E-state index in [2.05, 4.69) is 10.2 Å². The van der Waals surface area contributed by atoms with Crippen LogP contribution < -0.4 is 14.8 Å². The first kappa shape index (κ1) is 29.9. The van der Waals surface area contributed by atoms with E-state index < -0.39 is 0 Å². The van der Waals surface area contributed by atoms with Gasteiger partial charge in [-0.2, -0.15) is 0 Å². The molecule has 8 heteroatoms. The van der Waals surface area contributed by atoms with Crippen molar-refractivity contribution in [3.05, 3.63) is 59.7 Å². The van der Waals surface area contributed by atoms with E-state index in [4.69, 9.17) is 14.6 Å². The maximum Gasteiger partial charge on any atom is 0.254 e. The third-order valence-corrected chi connectivity index (χ3v) is 8.23. The Hall–Kier alpha value is -3.10. The van der Waals surface area contributed by atoms with E-state index in [9.17, 15) is 9.59 Å². The van der Waals surface area contributed by atoms with Gasteiger partial charge in [-0.3, -0.25) is 9.59 Å². The van der Waals surface area contributed by atoms with Crippen LogP contribution >= 0.6 is 0 Å². The number of aliphatic hydroxyl groups is 1. The number of ether oxygens (including phenoxy) is 2. The van der Waals surface area contributed by atoms with Crippen molar-refractivity contribution in [2.45, 2.75) is 58.0 Å². The molecule has 2 fully saturated rings. The van der Waals surface area contributed by atoms with Crippen LogP contribution in [0.4, 0.5) is 0 Å². The van der Waals surface area contributed by atoms with E-state index in [1.807, 2.05) is 49.1 Å². The summed E-state index contributed by atoms with van der Waals surface area (Å²) in [5, 5.41) is 12.6. The van der Waals surface area contributed by atoms with Crippen molar-refractivity contribution in [2.75, 3.05) is 46.5 Å². The molecule has 1 aliphatic heterocycles. The Morgan fingerprint density at radius 1 is 1.02 bits per heavy atom. The first-order valence-electron chi connectivity index (χ1n) is 14.7. The number of methoxy groups -OCH3 is 1. The van der Waals surface area contributed by atoms with Crippen LogP contribution in [0.1, 0.15) is 55.5 Å². The van der Waals surface area contributed by atoms with Crippen molar-refractivity contribution in [1.82, 2.24) is 15.1 Å². The Bertz CT molecular complexity index is 1100. The highest BCUT2D eigenvalue weighted by Gasteiger charge is 2.36. The molecule has 2 N–H and O–H groups in total. The van der Waals surface area contributed by atoms with Gasteiger partial charge < -0.3 is 29.7 Å². The number of nitrogens with one attached hydrogen (secondary N) is 1. The molecule has 0 spiro atoms. The lowest BCUT2D eigenvalue weighted by Gasteiger charge is -2.40. The maximum atomic E-state index is 13.8. The highest BCUT2D eigenvalue weighted by molar-refractivity contribution is 5.95. The van der Waals surface area contributed by atoms with Crippen LogP contribution in [0.25, 0.3) is 0 Å². The molecule has 0 unspecified atom stereocenters. The summed E-state index contributed by atoms with van der Waals surface area (Å²) in [6.07, 6.45) is 4.25. The Balaban J connectivity index is 1.45. The molecule has 1 saturated heterocycles. The first-order valence-corrected chi connectivity index (χ1v) is 14.7. The fourth-order valence-corrected chi connectivity index (χ4v) is 5.61. The van der Waals surface area contributed by atoms with Crippen LogP contribution in [0.2, 0.25) is 0 Å². The number of amides is 2. The standard InChI is InChI=1S/C32H45N3O5/c1-23(2)34(32(38)25-13-14-29(39-3)30(18-25)40-16-8-15-36)21-26-19-33-20-27(26)22-35(28-11-7-12-28)31(37)17-24-9-5-4-6-10-24/h4-6,9-10,13-14,18,23,26-28,33,36H,7-8,11-12,15-17,19-22H2,1-3H3/t26-,27-/m0/s1. The number of rotatable bonds is 14. The lowest BCUT2D eigenvalue weighted by molar-refractivity contribution is -0.135. The lowest BCUT2D eigenvalue weighted by atomic mass is 9.88. The number of carbonyl (C=O) groups excluding carboxylic acids is 2. The van der Waals surface area contributed by atoms with Crippen LogP contribution in [0.3, 0.4) is 0 Å². The molecule has 2 amide bonds. The molecule has 0 aromatic heterocycles. The molecule has 4 rings (SSSR count). The van der Waals surface area contributed by atoms with E-state index in [0.717, 1.165) is 38.0 Å². The molecule has 1 heterocycles. The number of hydrogen-bond acceptors (Lipinski definition) is 6. The molecule has 2 aromatic carbocycles. The molecule has 1 aliphatic carbocycles. The number of hydrogen-bond donors (Lipinski definition) is 2. The second kappa shape index (κ2) is 14.5. The molecule has 0 bridgehead atoms. The largest absolute Gasteiger partial charge is 0.493 e. The van der Waals surface area contributed by atoms with Gasteiger partial charge in [0, 0.05) is 56.9 Å². The first-order chi connectivity index (χ1) is 19.4. The topological polar surface area (TPSA) is 91.3 Å². The molecule has 2 aromatic rings. The van der Waals surface area contributed by atoms with Gasteiger partial charge in [0.1, 0.15) is 0 Å². The summed E-state index contributed by atoms with van der Waals surface area (Å²) in [5.74, 6) is 1.73. The predicted octanol–water partition coefficient (Wildman–Crippen LogP) is 3.77. The maximum absolute atomic E-state index is 13.8. The summed E-state index contributed by atoms with van der Waals surface area (Å²) in [6, 6.07) is 15.6. The molecule has 218 valence electrons. The van der Waals surface area contributed by atoms with E-state index >= 15 is 0 Å². The predicted molar refractivity (Wildman–Crippen MR) is 156 cm³/mol. The van der Waals surface area contributed by atoms with E-state index in [1.165, 1.54) is 6.42 Å². The highest BCUT2D eigenvalue weighted by atomic mass is 16.5. The molecule has 2 aliphatic rings. The van der Waals surface area contributed by atoms with Gasteiger partial charge in [-0.25, -0.2) is 0 Å². The zero-order chi connectivity index (χ0) is 28.5. The van der Waals surface area contributed by atoms with Gasteiger partial charge in [0.25, 0.3) is 5.91 Å². The number of carbonyl (C=O) groups is 2. The van der Waals surface area contributed by atoms with Crippen molar-refractivity contribution in [1.29, 1.82) is 0 Å². The van der Waals surface area contributed by atoms with Crippen LogP contribution in [-0.2, 0) is 11.2 Å². The Labute approximate surface area is 238 Å². The van der Waals surface area contributed by atoms with Gasteiger partial charge in [0.05, 0.1) is 20.1 Å². The highest BCUT2D eigenvalue weighted by Crippen LogP contribution is 2.31. The van der Waals surface area contributed by atoms with E-state index in [1.54, 1.807) is 25.3 Å². The summed E-state index contributed by atoms with van der Waals surface area (Å²) >= 11 is 0. The molecular formula is C32H45N3O5. The van der Waals surface area contributed by atoms with Crippen molar-refractivity contribution >= 4 is 11.8 Å². The summed E-state index contributed by atoms with van der Waals surface area (Å²) in [4.78, 5) is 31.3. The zero-order valence-corrected chi connectivity index (χ0v) is 24.2. The minimum Gasteiger partial charge on any atom is -0.493 e. The monoisotopic (exact) mass is 551 g/mol. The number of nitrogens with zero attached hydrogens (tertiary/aromatic N) is 2. The minimum atomic E-state index is -0.0497. The van der Waals surface area contributed by atoms with Gasteiger partial charge >= 0.3 is 0 Å². The normalized spacial score (nSPS) is 18.8. The van der Waals surface area contributed by atoms with Gasteiger partial charge in [0.15, 0.2) is 11.5 Å². The fourth-order valence-electron chi connectivity index (χ4n) is 5.61. The fraction of sp³-hybridized carbons (Fsp3) is 0.562. The Morgan fingerprint density at radius 2 is 1.75 bits per heavy atom. The van der Waals surface area contributed by atoms with Crippen molar-refractivity contribution in [3.8, 4) is 11.5 Å². The average Bonchev–Trinajstić information content (AvgIpc) is 3.37. The van der Waals surface area contributed by atoms with Gasteiger partial charge in [-0.15, -0.1) is 0 Å². The van der Waals surface area contributed by atoms with Crippen molar-refractivity contribution < 1.29 is 24.2 Å². The summed E-state index contributed by atoms with van der Waals surface area (Å²) in [5.41, 5.74) is 1.60. The SMILES string of the molecule is COc1ccc(C(=O)N(C[C@@H]2CNC[C@H]2CN(C(=O)Cc2ccccc2)C2CCC2)C(C)C)cc1OCCCO.